The highest BCUT2D eigenvalue weighted by Crippen LogP contribution is 2.42. The molecule has 2 unspecified atom stereocenters. The zero-order valence-corrected chi connectivity index (χ0v) is 14.6. The summed E-state index contributed by atoms with van der Waals surface area (Å²) in [5.74, 6) is 0. The molecule has 1 saturated carbocycles. The van der Waals surface area contributed by atoms with Crippen molar-refractivity contribution in [1.82, 2.24) is 5.32 Å². The maximum Gasteiger partial charge on any atom is 0.182 e. The predicted octanol–water partition coefficient (Wildman–Crippen LogP) is 3.39. The van der Waals surface area contributed by atoms with E-state index in [0.717, 1.165) is 23.9 Å². The molecule has 20 heavy (non-hydrogen) atoms. The Labute approximate surface area is 130 Å². The van der Waals surface area contributed by atoms with Crippen molar-refractivity contribution in [2.75, 3.05) is 6.54 Å². The van der Waals surface area contributed by atoms with E-state index in [1.54, 1.807) is 24.3 Å². The molecule has 0 heterocycles. The number of hydrogen-bond donors (Lipinski definition) is 1. The second kappa shape index (κ2) is 5.78. The molecule has 0 aromatic heterocycles. The van der Waals surface area contributed by atoms with Crippen LogP contribution in [0.25, 0.3) is 0 Å². The Morgan fingerprint density at radius 1 is 1.30 bits per heavy atom. The first-order valence-corrected chi connectivity index (χ1v) is 9.36. The highest BCUT2D eigenvalue weighted by atomic mass is 79.9. The van der Waals surface area contributed by atoms with Gasteiger partial charge in [-0.2, -0.15) is 0 Å². The van der Waals surface area contributed by atoms with Gasteiger partial charge in [0.25, 0.3) is 0 Å². The molecule has 0 spiro atoms. The second-order valence-corrected chi connectivity index (χ2v) is 9.18. The van der Waals surface area contributed by atoms with Crippen LogP contribution in [0.5, 0.6) is 0 Å². The van der Waals surface area contributed by atoms with Crippen LogP contribution in [0.4, 0.5) is 0 Å². The topological polar surface area (TPSA) is 46.2 Å². The van der Waals surface area contributed by atoms with Crippen LogP contribution in [-0.2, 0) is 9.84 Å². The van der Waals surface area contributed by atoms with Crippen LogP contribution in [-0.4, -0.2) is 26.3 Å². The molecule has 0 radical (unpaired) electrons. The normalized spacial score (nSPS) is 25.8. The van der Waals surface area contributed by atoms with Gasteiger partial charge in [0.1, 0.15) is 0 Å². The van der Waals surface area contributed by atoms with E-state index >= 15 is 0 Å². The number of rotatable bonds is 4. The first-order chi connectivity index (χ1) is 9.29. The van der Waals surface area contributed by atoms with Crippen molar-refractivity contribution in [1.29, 1.82) is 0 Å². The number of benzene rings is 1. The van der Waals surface area contributed by atoms with E-state index in [2.05, 4.69) is 35.1 Å². The Morgan fingerprint density at radius 2 is 1.90 bits per heavy atom. The lowest BCUT2D eigenvalue weighted by Crippen LogP contribution is -2.47. The minimum atomic E-state index is -3.28. The lowest BCUT2D eigenvalue weighted by molar-refractivity contribution is 0.288. The Morgan fingerprint density at radius 3 is 2.45 bits per heavy atom. The zero-order chi connectivity index (χ0) is 15.0. The summed E-state index contributed by atoms with van der Waals surface area (Å²) < 4.78 is 26.6. The maximum atomic E-state index is 12.9. The van der Waals surface area contributed by atoms with Crippen LogP contribution >= 0.6 is 15.9 Å². The van der Waals surface area contributed by atoms with Gasteiger partial charge in [0.05, 0.1) is 10.1 Å². The maximum absolute atomic E-state index is 12.9. The number of sulfone groups is 1. The molecule has 1 aromatic carbocycles. The van der Waals surface area contributed by atoms with E-state index < -0.39 is 9.84 Å². The number of halogens is 1. The minimum absolute atomic E-state index is 0.0150. The summed E-state index contributed by atoms with van der Waals surface area (Å²) >= 11 is 3.34. The first kappa shape index (κ1) is 16.0. The van der Waals surface area contributed by atoms with E-state index in [-0.39, 0.29) is 16.7 Å². The van der Waals surface area contributed by atoms with Crippen LogP contribution in [0.3, 0.4) is 0 Å². The fourth-order valence-electron chi connectivity index (χ4n) is 3.10. The van der Waals surface area contributed by atoms with Gasteiger partial charge in [-0.25, -0.2) is 8.42 Å². The van der Waals surface area contributed by atoms with E-state index in [1.807, 2.05) is 6.92 Å². The summed E-state index contributed by atoms with van der Waals surface area (Å²) in [4.78, 5) is 0.423. The first-order valence-electron chi connectivity index (χ1n) is 7.02. The summed E-state index contributed by atoms with van der Waals surface area (Å²) in [6.07, 6.45) is 1.66. The fraction of sp³-hybridized carbons (Fsp3) is 0.600. The van der Waals surface area contributed by atoms with Crippen molar-refractivity contribution in [3.8, 4) is 0 Å². The van der Waals surface area contributed by atoms with Gasteiger partial charge in [-0.15, -0.1) is 0 Å². The molecule has 5 heteroatoms. The second-order valence-electron chi connectivity index (χ2n) is 6.10. The molecule has 2 atom stereocenters. The van der Waals surface area contributed by atoms with Gasteiger partial charge in [-0.3, -0.25) is 0 Å². The molecule has 1 aromatic rings. The third-order valence-electron chi connectivity index (χ3n) is 4.25. The van der Waals surface area contributed by atoms with Gasteiger partial charge < -0.3 is 5.32 Å². The minimum Gasteiger partial charge on any atom is -0.312 e. The summed E-state index contributed by atoms with van der Waals surface area (Å²) in [5.41, 5.74) is 0.0170. The summed E-state index contributed by atoms with van der Waals surface area (Å²) in [5, 5.41) is 3.05. The van der Waals surface area contributed by atoms with Crippen LogP contribution in [0.1, 0.15) is 33.6 Å². The standard InChI is InChI=1S/C15H22BrNO2S/c1-4-17-14-13(9-10-15(14,2)3)20(18,19)12-7-5-11(16)6-8-12/h5-8,13-14,17H,4,9-10H2,1-3H3. The van der Waals surface area contributed by atoms with E-state index in [9.17, 15) is 8.42 Å². The van der Waals surface area contributed by atoms with Crippen molar-refractivity contribution in [3.63, 3.8) is 0 Å². The Kier molecular flexibility index (Phi) is 4.62. The Bertz CT molecular complexity index is 566. The van der Waals surface area contributed by atoms with Gasteiger partial charge in [0, 0.05) is 10.5 Å². The van der Waals surface area contributed by atoms with Crippen molar-refractivity contribution in [3.05, 3.63) is 28.7 Å². The van der Waals surface area contributed by atoms with E-state index in [0.29, 0.717) is 4.90 Å². The average Bonchev–Trinajstić information content (AvgIpc) is 2.67. The molecule has 0 saturated heterocycles. The predicted molar refractivity (Wildman–Crippen MR) is 85.6 cm³/mol. The van der Waals surface area contributed by atoms with Gasteiger partial charge in [0.15, 0.2) is 9.84 Å². The third kappa shape index (κ3) is 2.95. The molecule has 1 N–H and O–H groups in total. The van der Waals surface area contributed by atoms with Gasteiger partial charge in [0.2, 0.25) is 0 Å². The molecule has 0 aliphatic heterocycles. The monoisotopic (exact) mass is 359 g/mol. The largest absolute Gasteiger partial charge is 0.312 e. The molecule has 2 rings (SSSR count). The smallest absolute Gasteiger partial charge is 0.182 e. The van der Waals surface area contributed by atoms with Crippen LogP contribution in [0, 0.1) is 5.41 Å². The highest BCUT2D eigenvalue weighted by molar-refractivity contribution is 9.10. The van der Waals surface area contributed by atoms with E-state index in [1.165, 1.54) is 0 Å². The number of hydrogen-bond acceptors (Lipinski definition) is 3. The molecule has 112 valence electrons. The molecule has 1 aliphatic carbocycles. The summed E-state index contributed by atoms with van der Waals surface area (Å²) in [6, 6.07) is 6.97. The third-order valence-corrected chi connectivity index (χ3v) is 7.01. The van der Waals surface area contributed by atoms with Crippen LogP contribution in [0.2, 0.25) is 0 Å². The van der Waals surface area contributed by atoms with Crippen molar-refractivity contribution >= 4 is 25.8 Å². The SMILES string of the molecule is CCNC1C(S(=O)(=O)c2ccc(Br)cc2)CCC1(C)C. The highest BCUT2D eigenvalue weighted by Gasteiger charge is 2.47. The summed E-state index contributed by atoms with van der Waals surface area (Å²) in [7, 11) is -3.28. The van der Waals surface area contributed by atoms with E-state index in [4.69, 9.17) is 0 Å². The molecule has 0 bridgehead atoms. The quantitative estimate of drug-likeness (QED) is 0.895. The Hall–Kier alpha value is -0.390. The van der Waals surface area contributed by atoms with Crippen molar-refractivity contribution in [2.45, 2.75) is 49.8 Å². The average molecular weight is 360 g/mol. The van der Waals surface area contributed by atoms with Gasteiger partial charge in [-0.05, 0) is 49.1 Å². The number of nitrogens with one attached hydrogen (secondary N) is 1. The van der Waals surface area contributed by atoms with Gasteiger partial charge >= 0.3 is 0 Å². The van der Waals surface area contributed by atoms with Crippen LogP contribution in [0.15, 0.2) is 33.6 Å². The molecule has 1 aliphatic rings. The molecule has 3 nitrogen and oxygen atoms in total. The zero-order valence-electron chi connectivity index (χ0n) is 12.2. The summed E-state index contributed by atoms with van der Waals surface area (Å²) in [6.45, 7) is 7.12. The fourth-order valence-corrected chi connectivity index (χ4v) is 5.48. The molecular formula is C15H22BrNO2S. The molecule has 1 fully saturated rings. The Balaban J connectivity index is 2.36. The molecular weight excluding hydrogens is 338 g/mol. The van der Waals surface area contributed by atoms with Crippen molar-refractivity contribution < 1.29 is 8.42 Å². The van der Waals surface area contributed by atoms with Crippen LogP contribution < -0.4 is 5.32 Å². The lowest BCUT2D eigenvalue weighted by Gasteiger charge is -2.31. The van der Waals surface area contributed by atoms with Crippen molar-refractivity contribution in [2.24, 2.45) is 5.41 Å². The molecule has 0 amide bonds. The van der Waals surface area contributed by atoms with Gasteiger partial charge in [-0.1, -0.05) is 36.7 Å². The lowest BCUT2D eigenvalue weighted by atomic mass is 9.87.